The molecule has 24 heavy (non-hydrogen) atoms. The Hall–Kier alpha value is -2.33. The predicted octanol–water partition coefficient (Wildman–Crippen LogP) is 3.71. The van der Waals surface area contributed by atoms with Crippen molar-refractivity contribution in [2.45, 2.75) is 26.8 Å². The summed E-state index contributed by atoms with van der Waals surface area (Å²) in [5.41, 5.74) is 2.70. The van der Waals surface area contributed by atoms with Gasteiger partial charge in [0.15, 0.2) is 0 Å². The fraction of sp³-hybridized carbons (Fsp3) is 0.263. The first kappa shape index (κ1) is 18.0. The molecule has 0 aliphatic carbocycles. The van der Waals surface area contributed by atoms with Gasteiger partial charge in [0.25, 0.3) is 0 Å². The Morgan fingerprint density at radius 2 is 1.88 bits per heavy atom. The molecule has 0 aliphatic heterocycles. The zero-order valence-corrected chi connectivity index (χ0v) is 14.6. The molecule has 0 heterocycles. The minimum absolute atomic E-state index is 0.188. The van der Waals surface area contributed by atoms with Gasteiger partial charge in [0, 0.05) is 23.8 Å². The second-order valence-electron chi connectivity index (χ2n) is 5.52. The average molecular weight is 345 g/mol. The fourth-order valence-electron chi connectivity index (χ4n) is 2.43. The third kappa shape index (κ3) is 4.83. The zero-order chi connectivity index (χ0) is 17.5. The van der Waals surface area contributed by atoms with Crippen molar-refractivity contribution in [1.29, 1.82) is 0 Å². The summed E-state index contributed by atoms with van der Waals surface area (Å²) in [5.74, 6) is -0.536. The third-order valence-electron chi connectivity index (χ3n) is 3.68. The lowest BCUT2D eigenvalue weighted by Crippen LogP contribution is -2.35. The first-order valence-electron chi connectivity index (χ1n) is 7.88. The lowest BCUT2D eigenvalue weighted by molar-refractivity contribution is -0.128. The second-order valence-corrected chi connectivity index (χ2v) is 5.93. The van der Waals surface area contributed by atoms with E-state index < -0.39 is 0 Å². The number of hydrogen-bond acceptors (Lipinski definition) is 2. The molecular weight excluding hydrogens is 324 g/mol. The van der Waals surface area contributed by atoms with Crippen molar-refractivity contribution in [2.75, 3.05) is 11.4 Å². The molecule has 0 radical (unpaired) electrons. The Morgan fingerprint density at radius 3 is 2.54 bits per heavy atom. The van der Waals surface area contributed by atoms with Crippen LogP contribution in [0.1, 0.15) is 24.5 Å². The van der Waals surface area contributed by atoms with E-state index in [-0.39, 0.29) is 18.2 Å². The standard InChI is InChI=1S/C19H21ClN2O2/c1-3-22(16-9-6-7-14(2)11-16)19(24)12-18(23)21-13-15-8-4-5-10-17(15)20/h4-11H,3,12-13H2,1-2H3,(H,21,23). The zero-order valence-electron chi connectivity index (χ0n) is 13.9. The van der Waals surface area contributed by atoms with E-state index in [9.17, 15) is 9.59 Å². The number of halogens is 1. The van der Waals surface area contributed by atoms with E-state index in [4.69, 9.17) is 11.6 Å². The number of nitrogens with one attached hydrogen (secondary N) is 1. The Bertz CT molecular complexity index is 731. The van der Waals surface area contributed by atoms with Crippen molar-refractivity contribution in [2.24, 2.45) is 0 Å². The van der Waals surface area contributed by atoms with Gasteiger partial charge in [0.1, 0.15) is 6.42 Å². The number of hydrogen-bond donors (Lipinski definition) is 1. The summed E-state index contributed by atoms with van der Waals surface area (Å²) in [5, 5.41) is 3.34. The fourth-order valence-corrected chi connectivity index (χ4v) is 2.63. The molecule has 0 bridgehead atoms. The maximum atomic E-state index is 12.4. The minimum atomic E-state index is -0.314. The lowest BCUT2D eigenvalue weighted by Gasteiger charge is -2.21. The lowest BCUT2D eigenvalue weighted by atomic mass is 10.2. The SMILES string of the molecule is CCN(C(=O)CC(=O)NCc1ccccc1Cl)c1cccc(C)c1. The molecule has 0 spiro atoms. The maximum Gasteiger partial charge on any atom is 0.236 e. The molecule has 2 aromatic carbocycles. The molecule has 0 aliphatic rings. The summed E-state index contributed by atoms with van der Waals surface area (Å²) in [7, 11) is 0. The van der Waals surface area contributed by atoms with E-state index in [2.05, 4.69) is 5.32 Å². The number of carbonyl (C=O) groups excluding carboxylic acids is 2. The van der Waals surface area contributed by atoms with Crippen molar-refractivity contribution >= 4 is 29.1 Å². The van der Waals surface area contributed by atoms with Crippen LogP contribution in [0.15, 0.2) is 48.5 Å². The van der Waals surface area contributed by atoms with Crippen molar-refractivity contribution in [3.8, 4) is 0 Å². The summed E-state index contributed by atoms with van der Waals surface area (Å²) < 4.78 is 0. The van der Waals surface area contributed by atoms with Gasteiger partial charge in [-0.25, -0.2) is 0 Å². The summed E-state index contributed by atoms with van der Waals surface area (Å²) in [6, 6.07) is 15.0. The van der Waals surface area contributed by atoms with Crippen LogP contribution in [-0.4, -0.2) is 18.4 Å². The highest BCUT2D eigenvalue weighted by Crippen LogP contribution is 2.17. The minimum Gasteiger partial charge on any atom is -0.352 e. The number of aryl methyl sites for hydroxylation is 1. The molecule has 5 heteroatoms. The summed E-state index contributed by atoms with van der Waals surface area (Å²) in [6.07, 6.45) is -0.188. The highest BCUT2D eigenvalue weighted by molar-refractivity contribution is 6.31. The maximum absolute atomic E-state index is 12.4. The van der Waals surface area contributed by atoms with Crippen LogP contribution in [-0.2, 0) is 16.1 Å². The van der Waals surface area contributed by atoms with Gasteiger partial charge in [-0.1, -0.05) is 41.9 Å². The van der Waals surface area contributed by atoms with E-state index in [1.165, 1.54) is 0 Å². The normalized spacial score (nSPS) is 10.3. The topological polar surface area (TPSA) is 49.4 Å². The first-order valence-corrected chi connectivity index (χ1v) is 8.26. The van der Waals surface area contributed by atoms with Crippen LogP contribution >= 0.6 is 11.6 Å². The molecule has 0 fully saturated rings. The van der Waals surface area contributed by atoms with Crippen LogP contribution in [0.25, 0.3) is 0 Å². The van der Waals surface area contributed by atoms with Crippen molar-refractivity contribution < 1.29 is 9.59 Å². The number of carbonyl (C=O) groups is 2. The van der Waals surface area contributed by atoms with Gasteiger partial charge in [-0.05, 0) is 43.2 Å². The smallest absolute Gasteiger partial charge is 0.236 e. The molecular formula is C19H21ClN2O2. The van der Waals surface area contributed by atoms with Gasteiger partial charge in [0.2, 0.25) is 11.8 Å². The average Bonchev–Trinajstić information content (AvgIpc) is 2.55. The summed E-state index contributed by atoms with van der Waals surface area (Å²) >= 11 is 6.05. The predicted molar refractivity (Wildman–Crippen MR) is 97.1 cm³/mol. The molecule has 126 valence electrons. The molecule has 2 amide bonds. The molecule has 0 aromatic heterocycles. The van der Waals surface area contributed by atoms with E-state index in [1.807, 2.05) is 56.3 Å². The van der Waals surface area contributed by atoms with Gasteiger partial charge in [-0.15, -0.1) is 0 Å². The van der Waals surface area contributed by atoms with E-state index in [1.54, 1.807) is 11.0 Å². The van der Waals surface area contributed by atoms with Crippen LogP contribution in [0.4, 0.5) is 5.69 Å². The van der Waals surface area contributed by atoms with E-state index >= 15 is 0 Å². The Kier molecular flexibility index (Phi) is 6.38. The quantitative estimate of drug-likeness (QED) is 0.812. The van der Waals surface area contributed by atoms with Crippen molar-refractivity contribution in [1.82, 2.24) is 5.32 Å². The molecule has 2 aromatic rings. The van der Waals surface area contributed by atoms with Gasteiger partial charge in [-0.2, -0.15) is 0 Å². The Labute approximate surface area is 147 Å². The number of amides is 2. The molecule has 0 saturated carbocycles. The highest BCUT2D eigenvalue weighted by atomic mass is 35.5. The summed E-state index contributed by atoms with van der Waals surface area (Å²) in [4.78, 5) is 26.1. The van der Waals surface area contributed by atoms with Gasteiger partial charge in [0.05, 0.1) is 0 Å². The van der Waals surface area contributed by atoms with Crippen molar-refractivity contribution in [3.63, 3.8) is 0 Å². The highest BCUT2D eigenvalue weighted by Gasteiger charge is 2.17. The van der Waals surface area contributed by atoms with Crippen LogP contribution in [0.2, 0.25) is 5.02 Å². The van der Waals surface area contributed by atoms with Gasteiger partial charge >= 0.3 is 0 Å². The van der Waals surface area contributed by atoms with E-state index in [0.717, 1.165) is 16.8 Å². The van der Waals surface area contributed by atoms with Crippen LogP contribution in [0.5, 0.6) is 0 Å². The Morgan fingerprint density at radius 1 is 1.12 bits per heavy atom. The first-order chi connectivity index (χ1) is 11.5. The molecule has 1 N–H and O–H groups in total. The third-order valence-corrected chi connectivity index (χ3v) is 4.04. The molecule has 2 rings (SSSR count). The molecule has 0 atom stereocenters. The van der Waals surface area contributed by atoms with Crippen LogP contribution < -0.4 is 10.2 Å². The van der Waals surface area contributed by atoms with Gasteiger partial charge < -0.3 is 10.2 Å². The van der Waals surface area contributed by atoms with Crippen LogP contribution in [0, 0.1) is 6.92 Å². The monoisotopic (exact) mass is 344 g/mol. The number of benzene rings is 2. The van der Waals surface area contributed by atoms with Gasteiger partial charge in [-0.3, -0.25) is 9.59 Å². The van der Waals surface area contributed by atoms with Crippen LogP contribution in [0.3, 0.4) is 0 Å². The van der Waals surface area contributed by atoms with E-state index in [0.29, 0.717) is 18.1 Å². The summed E-state index contributed by atoms with van der Waals surface area (Å²) in [6.45, 7) is 4.68. The number of rotatable bonds is 6. The largest absolute Gasteiger partial charge is 0.352 e. The molecule has 0 saturated heterocycles. The number of anilines is 1. The second kappa shape index (κ2) is 8.50. The molecule has 0 unspecified atom stereocenters. The Balaban J connectivity index is 1.95. The van der Waals surface area contributed by atoms with Crippen molar-refractivity contribution in [3.05, 3.63) is 64.7 Å². The molecule has 4 nitrogen and oxygen atoms in total. The number of nitrogens with zero attached hydrogens (tertiary/aromatic N) is 1.